The zero-order valence-electron chi connectivity index (χ0n) is 14.1. The van der Waals surface area contributed by atoms with E-state index in [4.69, 9.17) is 9.78 Å². The van der Waals surface area contributed by atoms with Crippen molar-refractivity contribution in [1.29, 1.82) is 0 Å². The van der Waals surface area contributed by atoms with Crippen LogP contribution in [-0.2, 0) is 9.78 Å². The Balaban J connectivity index is 1.83. The largest absolute Gasteiger partial charge is 0.373 e. The molecule has 0 N–H and O–H groups in total. The van der Waals surface area contributed by atoms with Gasteiger partial charge in [0.25, 0.3) is 0 Å². The standard InChI is InChI=1S/C18H27O3Si/c1-5-14-6-10-16(11-7-14)20-21-18(19)15-8-12-17(13-9-15)22(2,3)4/h8-9,12-14H,5-7,10-11H2,1-4H3. The molecule has 0 atom stereocenters. The van der Waals surface area contributed by atoms with Gasteiger partial charge in [0.2, 0.25) is 0 Å². The molecule has 4 heteroatoms. The molecule has 3 nitrogen and oxygen atoms in total. The van der Waals surface area contributed by atoms with Crippen LogP contribution in [0.25, 0.3) is 0 Å². The van der Waals surface area contributed by atoms with Gasteiger partial charge in [0.1, 0.15) is 6.10 Å². The molecule has 1 fully saturated rings. The topological polar surface area (TPSA) is 35.5 Å². The van der Waals surface area contributed by atoms with Crippen LogP contribution in [0, 0.1) is 12.0 Å². The van der Waals surface area contributed by atoms with Crippen LogP contribution in [0.3, 0.4) is 0 Å². The monoisotopic (exact) mass is 319 g/mol. The quantitative estimate of drug-likeness (QED) is 0.457. The molecule has 1 saturated carbocycles. The van der Waals surface area contributed by atoms with Crippen LogP contribution in [-0.4, -0.2) is 14.0 Å². The van der Waals surface area contributed by atoms with Crippen LogP contribution < -0.4 is 5.19 Å². The molecule has 0 bridgehead atoms. The van der Waals surface area contributed by atoms with Crippen molar-refractivity contribution in [3.8, 4) is 0 Å². The van der Waals surface area contributed by atoms with E-state index >= 15 is 0 Å². The van der Waals surface area contributed by atoms with Gasteiger partial charge >= 0.3 is 5.97 Å². The summed E-state index contributed by atoms with van der Waals surface area (Å²) in [6, 6.07) is 7.72. The molecule has 0 saturated heterocycles. The molecule has 0 amide bonds. The molecule has 0 aromatic heterocycles. The van der Waals surface area contributed by atoms with Crippen LogP contribution in [0.5, 0.6) is 0 Å². The maximum atomic E-state index is 12.0. The van der Waals surface area contributed by atoms with E-state index in [0.29, 0.717) is 5.56 Å². The summed E-state index contributed by atoms with van der Waals surface area (Å²) in [4.78, 5) is 22.3. The average molecular weight is 319 g/mol. The first-order valence-electron chi connectivity index (χ1n) is 8.24. The smallest absolute Gasteiger partial charge is 0.292 e. The third kappa shape index (κ3) is 4.68. The summed E-state index contributed by atoms with van der Waals surface area (Å²) in [6.45, 7) is 9.08. The van der Waals surface area contributed by atoms with Crippen molar-refractivity contribution in [2.24, 2.45) is 5.92 Å². The van der Waals surface area contributed by atoms with Crippen LogP contribution in [0.15, 0.2) is 24.3 Å². The fourth-order valence-corrected chi connectivity index (χ4v) is 3.91. The van der Waals surface area contributed by atoms with E-state index in [0.717, 1.165) is 37.7 Å². The second-order valence-corrected chi connectivity index (χ2v) is 12.2. The van der Waals surface area contributed by atoms with Crippen molar-refractivity contribution >= 4 is 19.2 Å². The van der Waals surface area contributed by atoms with Crippen molar-refractivity contribution in [3.05, 3.63) is 35.9 Å². The number of hydrogen-bond acceptors (Lipinski definition) is 3. The first-order valence-corrected chi connectivity index (χ1v) is 11.7. The van der Waals surface area contributed by atoms with Crippen LogP contribution in [0.1, 0.15) is 49.4 Å². The Hall–Kier alpha value is -1.13. The van der Waals surface area contributed by atoms with Gasteiger partial charge in [-0.15, -0.1) is 0 Å². The van der Waals surface area contributed by atoms with Crippen LogP contribution in [0.4, 0.5) is 0 Å². The number of carbonyl (C=O) groups is 1. The van der Waals surface area contributed by atoms with Crippen molar-refractivity contribution in [1.82, 2.24) is 0 Å². The molecule has 2 rings (SSSR count). The van der Waals surface area contributed by atoms with E-state index in [-0.39, 0.29) is 0 Å². The molecule has 0 unspecified atom stereocenters. The van der Waals surface area contributed by atoms with Crippen LogP contribution in [0.2, 0.25) is 19.6 Å². The van der Waals surface area contributed by atoms with E-state index in [1.807, 2.05) is 24.3 Å². The Bertz CT molecular complexity index is 482. The lowest BCUT2D eigenvalue weighted by Crippen LogP contribution is -2.37. The second kappa shape index (κ2) is 7.42. The summed E-state index contributed by atoms with van der Waals surface area (Å²) in [5.41, 5.74) is 0.546. The highest BCUT2D eigenvalue weighted by molar-refractivity contribution is 6.88. The third-order valence-electron chi connectivity index (χ3n) is 4.46. The zero-order valence-corrected chi connectivity index (χ0v) is 15.1. The van der Waals surface area contributed by atoms with Gasteiger partial charge in [-0.2, -0.15) is 4.89 Å². The normalized spacial score (nSPS) is 17.5. The van der Waals surface area contributed by atoms with Crippen molar-refractivity contribution in [2.45, 2.75) is 58.7 Å². The summed E-state index contributed by atoms with van der Waals surface area (Å²) in [6.07, 6.45) is 6.19. The highest BCUT2D eigenvalue weighted by Crippen LogP contribution is 2.32. The maximum Gasteiger partial charge on any atom is 0.373 e. The minimum Gasteiger partial charge on any atom is -0.292 e. The van der Waals surface area contributed by atoms with Crippen molar-refractivity contribution < 1.29 is 14.6 Å². The van der Waals surface area contributed by atoms with Gasteiger partial charge in [-0.1, -0.05) is 50.3 Å². The number of hydrogen-bond donors (Lipinski definition) is 0. The molecular weight excluding hydrogens is 292 g/mol. The van der Waals surface area contributed by atoms with Crippen molar-refractivity contribution in [2.75, 3.05) is 0 Å². The third-order valence-corrected chi connectivity index (χ3v) is 6.53. The van der Waals surface area contributed by atoms with Gasteiger partial charge in [-0.25, -0.2) is 4.79 Å². The number of rotatable bonds is 5. The molecule has 22 heavy (non-hydrogen) atoms. The SMILES string of the molecule is CCC1CC[C](OOC(=O)c2ccc([Si](C)(C)C)cc2)CC1. The van der Waals surface area contributed by atoms with Gasteiger partial charge in [0.15, 0.2) is 0 Å². The van der Waals surface area contributed by atoms with Crippen molar-refractivity contribution in [3.63, 3.8) is 0 Å². The first kappa shape index (κ1) is 17.2. The predicted molar refractivity (Wildman–Crippen MR) is 91.4 cm³/mol. The molecular formula is C18H27O3Si. The highest BCUT2D eigenvalue weighted by Gasteiger charge is 2.24. The molecule has 1 aromatic carbocycles. The molecule has 0 aliphatic heterocycles. The number of carbonyl (C=O) groups excluding carboxylic acids is 1. The lowest BCUT2D eigenvalue weighted by Gasteiger charge is -2.25. The number of benzene rings is 1. The second-order valence-electron chi connectivity index (χ2n) is 7.17. The molecule has 0 heterocycles. The minimum atomic E-state index is -1.33. The maximum absolute atomic E-state index is 12.0. The fraction of sp³-hybridized carbons (Fsp3) is 0.556. The fourth-order valence-electron chi connectivity index (χ4n) is 2.74. The lowest BCUT2D eigenvalue weighted by atomic mass is 9.86. The van der Waals surface area contributed by atoms with Gasteiger partial charge in [-0.05, 0) is 43.7 Å². The summed E-state index contributed by atoms with van der Waals surface area (Å²) < 4.78 is 0. The predicted octanol–water partition coefficient (Wildman–Crippen LogP) is 4.45. The van der Waals surface area contributed by atoms with Gasteiger partial charge in [0.05, 0.1) is 13.6 Å². The minimum absolute atomic E-state index is 0.410. The van der Waals surface area contributed by atoms with Gasteiger partial charge in [-0.3, -0.25) is 4.89 Å². The Kier molecular flexibility index (Phi) is 5.81. The summed E-state index contributed by atoms with van der Waals surface area (Å²) in [7, 11) is -1.33. The van der Waals surface area contributed by atoms with Gasteiger partial charge in [0, 0.05) is 0 Å². The molecule has 1 aliphatic rings. The summed E-state index contributed by atoms with van der Waals surface area (Å²) in [5.74, 6) is 0.379. The van der Waals surface area contributed by atoms with E-state index in [1.165, 1.54) is 11.6 Å². The van der Waals surface area contributed by atoms with Crippen LogP contribution >= 0.6 is 0 Å². The van der Waals surface area contributed by atoms with E-state index in [9.17, 15) is 4.79 Å². The van der Waals surface area contributed by atoms with E-state index in [1.54, 1.807) is 0 Å². The summed E-state index contributed by atoms with van der Waals surface area (Å²) >= 11 is 0. The summed E-state index contributed by atoms with van der Waals surface area (Å²) in [5, 5.41) is 1.33. The lowest BCUT2D eigenvalue weighted by molar-refractivity contribution is -0.240. The average Bonchev–Trinajstić information content (AvgIpc) is 2.52. The Morgan fingerprint density at radius 3 is 2.23 bits per heavy atom. The van der Waals surface area contributed by atoms with E-state index in [2.05, 4.69) is 26.6 Å². The molecule has 1 aliphatic carbocycles. The Morgan fingerprint density at radius 1 is 1.14 bits per heavy atom. The van der Waals surface area contributed by atoms with Gasteiger partial charge < -0.3 is 0 Å². The van der Waals surface area contributed by atoms with E-state index < -0.39 is 14.0 Å². The zero-order chi connectivity index (χ0) is 16.2. The molecule has 0 spiro atoms. The highest BCUT2D eigenvalue weighted by atomic mass is 28.3. The molecule has 1 aromatic rings. The first-order chi connectivity index (χ1) is 10.4. The molecule has 121 valence electrons. The molecule has 1 radical (unpaired) electrons. The Labute approximate surface area is 135 Å². The Morgan fingerprint density at radius 2 is 1.73 bits per heavy atom.